The molecule has 2 aromatic rings. The second kappa shape index (κ2) is 4.08. The maximum absolute atomic E-state index is 10.8. The Morgan fingerprint density at radius 2 is 2.24 bits per heavy atom. The van der Waals surface area contributed by atoms with E-state index in [1.807, 2.05) is 27.1 Å². The van der Waals surface area contributed by atoms with E-state index >= 15 is 0 Å². The normalized spacial score (nSPS) is 11.1. The fraction of sp³-hybridized carbons (Fsp3) is 0.333. The zero-order valence-electron chi connectivity index (χ0n) is 9.97. The maximum atomic E-state index is 10.8. The molecule has 1 N–H and O–H groups in total. The highest BCUT2D eigenvalue weighted by atomic mass is 16.4. The van der Waals surface area contributed by atoms with Gasteiger partial charge in [0.2, 0.25) is 0 Å². The van der Waals surface area contributed by atoms with E-state index in [2.05, 4.69) is 5.10 Å². The first-order valence-electron chi connectivity index (χ1n) is 5.34. The fourth-order valence-corrected chi connectivity index (χ4v) is 1.71. The van der Waals surface area contributed by atoms with Crippen molar-refractivity contribution >= 4 is 5.97 Å². The lowest BCUT2D eigenvalue weighted by Gasteiger charge is -2.01. The van der Waals surface area contributed by atoms with Crippen LogP contribution in [0.25, 0.3) is 11.3 Å². The van der Waals surface area contributed by atoms with Crippen molar-refractivity contribution in [1.82, 2.24) is 9.78 Å². The molecule has 2 aromatic heterocycles. The van der Waals surface area contributed by atoms with E-state index in [1.54, 1.807) is 4.68 Å². The third-order valence-corrected chi connectivity index (χ3v) is 2.52. The Balaban J connectivity index is 2.48. The molecule has 0 saturated carbocycles. The van der Waals surface area contributed by atoms with Gasteiger partial charge in [-0.1, -0.05) is 13.8 Å². The number of carbonyl (C=O) groups is 1. The summed E-state index contributed by atoms with van der Waals surface area (Å²) in [6.07, 6.45) is 3.08. The average Bonchev–Trinajstić information content (AvgIpc) is 2.82. The minimum Gasteiger partial charge on any atom is -0.478 e. The lowest BCUT2D eigenvalue weighted by Crippen LogP contribution is -1.93. The molecule has 0 amide bonds. The summed E-state index contributed by atoms with van der Waals surface area (Å²) in [4.78, 5) is 10.8. The number of carboxylic acids is 1. The molecule has 2 rings (SSSR count). The molecule has 0 fully saturated rings. The van der Waals surface area contributed by atoms with Crippen molar-refractivity contribution in [2.75, 3.05) is 0 Å². The third-order valence-electron chi connectivity index (χ3n) is 2.52. The number of furan rings is 1. The van der Waals surface area contributed by atoms with E-state index < -0.39 is 5.97 Å². The molecule has 0 radical (unpaired) electrons. The molecule has 0 aliphatic heterocycles. The first-order valence-corrected chi connectivity index (χ1v) is 5.34. The van der Waals surface area contributed by atoms with Crippen molar-refractivity contribution in [3.8, 4) is 11.3 Å². The number of aryl methyl sites for hydroxylation is 1. The van der Waals surface area contributed by atoms with Gasteiger partial charge in [0.1, 0.15) is 12.0 Å². The Labute approximate surface area is 98.7 Å². The van der Waals surface area contributed by atoms with Crippen LogP contribution in [-0.2, 0) is 7.05 Å². The summed E-state index contributed by atoms with van der Waals surface area (Å²) in [5, 5.41) is 13.2. The largest absolute Gasteiger partial charge is 0.478 e. The quantitative estimate of drug-likeness (QED) is 0.885. The zero-order valence-corrected chi connectivity index (χ0v) is 9.97. The van der Waals surface area contributed by atoms with Gasteiger partial charge in [0.15, 0.2) is 0 Å². The van der Waals surface area contributed by atoms with Crippen LogP contribution in [0.3, 0.4) is 0 Å². The van der Waals surface area contributed by atoms with Crippen molar-refractivity contribution in [3.05, 3.63) is 29.8 Å². The van der Waals surface area contributed by atoms with Gasteiger partial charge in [-0.3, -0.25) is 4.68 Å². The van der Waals surface area contributed by atoms with Gasteiger partial charge in [-0.05, 0) is 12.0 Å². The third kappa shape index (κ3) is 2.08. The highest BCUT2D eigenvalue weighted by molar-refractivity contribution is 5.88. The highest BCUT2D eigenvalue weighted by Gasteiger charge is 2.17. The molecule has 0 saturated heterocycles. The van der Waals surface area contributed by atoms with Crippen LogP contribution in [-0.4, -0.2) is 20.9 Å². The molecule has 0 aliphatic carbocycles. The van der Waals surface area contributed by atoms with Crippen LogP contribution < -0.4 is 0 Å². The summed E-state index contributed by atoms with van der Waals surface area (Å²) in [5.41, 5.74) is 1.90. The van der Waals surface area contributed by atoms with Gasteiger partial charge in [0.25, 0.3) is 0 Å². The Hall–Kier alpha value is -2.04. The van der Waals surface area contributed by atoms with Gasteiger partial charge in [0, 0.05) is 13.2 Å². The first-order chi connectivity index (χ1) is 7.99. The topological polar surface area (TPSA) is 68.3 Å². The maximum Gasteiger partial charge on any atom is 0.338 e. The number of aromatic carboxylic acids is 1. The molecule has 0 atom stereocenters. The minimum absolute atomic E-state index is 0.151. The Kier molecular flexibility index (Phi) is 2.75. The molecule has 0 spiro atoms. The fourth-order valence-electron chi connectivity index (χ4n) is 1.71. The summed E-state index contributed by atoms with van der Waals surface area (Å²) < 4.78 is 6.98. The molecule has 5 nitrogen and oxygen atoms in total. The molecule has 90 valence electrons. The minimum atomic E-state index is -0.991. The van der Waals surface area contributed by atoms with Crippen LogP contribution in [0, 0.1) is 0 Å². The lowest BCUT2D eigenvalue weighted by atomic mass is 10.0. The van der Waals surface area contributed by atoms with Crippen LogP contribution in [0.4, 0.5) is 0 Å². The number of rotatable bonds is 3. The Morgan fingerprint density at radius 1 is 1.53 bits per heavy atom. The van der Waals surface area contributed by atoms with Gasteiger partial charge in [-0.15, -0.1) is 0 Å². The lowest BCUT2D eigenvalue weighted by molar-refractivity contribution is 0.0696. The predicted octanol–water partition coefficient (Wildman–Crippen LogP) is 2.50. The number of hydrogen-bond donors (Lipinski definition) is 1. The van der Waals surface area contributed by atoms with Gasteiger partial charge in [0.05, 0.1) is 16.8 Å². The number of carboxylic acid groups (broad SMARTS) is 1. The molecule has 2 heterocycles. The van der Waals surface area contributed by atoms with Gasteiger partial charge in [-0.25, -0.2) is 4.79 Å². The van der Waals surface area contributed by atoms with Gasteiger partial charge < -0.3 is 9.52 Å². The van der Waals surface area contributed by atoms with Crippen molar-refractivity contribution in [1.29, 1.82) is 0 Å². The Bertz CT molecular complexity index is 552. The van der Waals surface area contributed by atoms with E-state index in [4.69, 9.17) is 9.52 Å². The van der Waals surface area contributed by atoms with Gasteiger partial charge in [-0.2, -0.15) is 5.10 Å². The van der Waals surface area contributed by atoms with Gasteiger partial charge >= 0.3 is 5.97 Å². The molecule has 5 heteroatoms. The molecule has 0 bridgehead atoms. The second-order valence-corrected chi connectivity index (χ2v) is 4.26. The van der Waals surface area contributed by atoms with E-state index in [0.29, 0.717) is 5.76 Å². The second-order valence-electron chi connectivity index (χ2n) is 4.26. The van der Waals surface area contributed by atoms with Crippen LogP contribution in [0.2, 0.25) is 0 Å². The summed E-state index contributed by atoms with van der Waals surface area (Å²) in [5.74, 6) is -0.196. The van der Waals surface area contributed by atoms with E-state index in [-0.39, 0.29) is 11.5 Å². The van der Waals surface area contributed by atoms with Crippen molar-refractivity contribution in [2.45, 2.75) is 19.8 Å². The van der Waals surface area contributed by atoms with Crippen LogP contribution in [0.1, 0.15) is 35.8 Å². The highest BCUT2D eigenvalue weighted by Crippen LogP contribution is 2.29. The summed E-state index contributed by atoms with van der Waals surface area (Å²) in [6, 6.07) is 1.52. The Morgan fingerprint density at radius 3 is 2.76 bits per heavy atom. The summed E-state index contributed by atoms with van der Waals surface area (Å²) in [6.45, 7) is 4.07. The molecule has 0 unspecified atom stereocenters. The number of aromatic nitrogens is 2. The molecule has 17 heavy (non-hydrogen) atoms. The summed E-state index contributed by atoms with van der Waals surface area (Å²) >= 11 is 0. The molecule has 0 aromatic carbocycles. The number of nitrogens with zero attached hydrogens (tertiary/aromatic N) is 2. The monoisotopic (exact) mass is 234 g/mol. The van der Waals surface area contributed by atoms with Crippen molar-refractivity contribution in [3.63, 3.8) is 0 Å². The SMILES string of the molecule is CC(C)c1nn(C)cc1-c1cc(C(=O)O)co1. The smallest absolute Gasteiger partial charge is 0.338 e. The van der Waals surface area contributed by atoms with Crippen molar-refractivity contribution in [2.24, 2.45) is 7.05 Å². The molecule has 0 aliphatic rings. The molecular weight excluding hydrogens is 220 g/mol. The van der Waals surface area contributed by atoms with Crippen LogP contribution in [0.5, 0.6) is 0 Å². The van der Waals surface area contributed by atoms with E-state index in [0.717, 1.165) is 11.3 Å². The molecular formula is C12H14N2O3. The standard InChI is InChI=1S/C12H14N2O3/c1-7(2)11-9(5-14(3)13-11)10-4-8(6-17-10)12(15)16/h4-7H,1-3H3,(H,15,16). The van der Waals surface area contributed by atoms with E-state index in [1.165, 1.54) is 12.3 Å². The number of hydrogen-bond acceptors (Lipinski definition) is 3. The summed E-state index contributed by atoms with van der Waals surface area (Å²) in [7, 11) is 1.83. The predicted molar refractivity (Wildman–Crippen MR) is 62.0 cm³/mol. The van der Waals surface area contributed by atoms with Crippen LogP contribution >= 0.6 is 0 Å². The zero-order chi connectivity index (χ0) is 12.6. The first kappa shape index (κ1) is 11.4. The van der Waals surface area contributed by atoms with Crippen LogP contribution in [0.15, 0.2) is 22.9 Å². The van der Waals surface area contributed by atoms with Crippen molar-refractivity contribution < 1.29 is 14.3 Å². The average molecular weight is 234 g/mol. The van der Waals surface area contributed by atoms with E-state index in [9.17, 15) is 4.79 Å².